The summed E-state index contributed by atoms with van der Waals surface area (Å²) in [6, 6.07) is 19.4. The fourth-order valence-electron chi connectivity index (χ4n) is 3.03. The van der Waals surface area contributed by atoms with Gasteiger partial charge in [0, 0.05) is 31.7 Å². The smallest absolute Gasteiger partial charge is 0.135 e. The molecule has 0 aliphatic heterocycles. The van der Waals surface area contributed by atoms with Crippen molar-refractivity contribution >= 4 is 31.5 Å². The first kappa shape index (κ1) is 11.6. The van der Waals surface area contributed by atoms with Crippen molar-refractivity contribution in [3.63, 3.8) is 0 Å². The molecule has 5 rings (SSSR count). The van der Waals surface area contributed by atoms with E-state index in [4.69, 9.17) is 4.42 Å². The molecule has 102 valence electrons. The van der Waals surface area contributed by atoms with Crippen molar-refractivity contribution in [2.24, 2.45) is 0 Å². The third kappa shape index (κ3) is 1.76. The molecule has 2 aromatic heterocycles. The number of thiophene rings is 1. The molecule has 1 nitrogen and oxygen atoms in total. The Kier molecular flexibility index (Phi) is 2.33. The van der Waals surface area contributed by atoms with Gasteiger partial charge in [-0.05, 0) is 37.1 Å². The third-order valence-corrected chi connectivity index (χ3v) is 5.50. The van der Waals surface area contributed by atoms with E-state index in [-0.39, 0.29) is 0 Å². The number of furan rings is 1. The molecule has 21 heavy (non-hydrogen) atoms. The van der Waals surface area contributed by atoms with E-state index < -0.39 is 0 Å². The van der Waals surface area contributed by atoms with Crippen molar-refractivity contribution in [3.05, 3.63) is 60.4 Å². The van der Waals surface area contributed by atoms with Crippen LogP contribution in [0.4, 0.5) is 0 Å². The van der Waals surface area contributed by atoms with E-state index in [9.17, 15) is 0 Å². The molecular formula is C19H14OS. The van der Waals surface area contributed by atoms with Crippen LogP contribution in [0.5, 0.6) is 0 Å². The molecule has 4 aromatic rings. The molecule has 2 aromatic carbocycles. The van der Waals surface area contributed by atoms with Crippen LogP contribution >= 0.6 is 11.3 Å². The third-order valence-electron chi connectivity index (χ3n) is 4.28. The zero-order valence-corrected chi connectivity index (χ0v) is 12.3. The molecule has 0 atom stereocenters. The maximum absolute atomic E-state index is 6.10. The van der Waals surface area contributed by atoms with E-state index in [1.807, 2.05) is 11.3 Å². The Balaban J connectivity index is 1.77. The van der Waals surface area contributed by atoms with Crippen LogP contribution in [-0.2, 0) is 0 Å². The monoisotopic (exact) mass is 290 g/mol. The lowest BCUT2D eigenvalue weighted by Gasteiger charge is -1.99. The largest absolute Gasteiger partial charge is 0.461 e. The minimum atomic E-state index is 0.667. The van der Waals surface area contributed by atoms with Crippen molar-refractivity contribution in [2.75, 3.05) is 0 Å². The highest BCUT2D eigenvalue weighted by Gasteiger charge is 2.27. The van der Waals surface area contributed by atoms with Crippen molar-refractivity contribution in [1.82, 2.24) is 0 Å². The van der Waals surface area contributed by atoms with Crippen LogP contribution in [0, 0.1) is 0 Å². The molecule has 0 spiro atoms. The van der Waals surface area contributed by atoms with Crippen LogP contribution in [-0.4, -0.2) is 0 Å². The first-order valence-corrected chi connectivity index (χ1v) is 8.22. The summed E-state index contributed by atoms with van der Waals surface area (Å²) in [4.78, 5) is 0. The molecular weight excluding hydrogens is 276 g/mol. The molecule has 1 fully saturated rings. The molecule has 0 saturated heterocycles. The molecule has 0 N–H and O–H groups in total. The van der Waals surface area contributed by atoms with E-state index in [0.29, 0.717) is 5.92 Å². The second-order valence-electron chi connectivity index (χ2n) is 5.76. The number of hydrogen-bond acceptors (Lipinski definition) is 2. The van der Waals surface area contributed by atoms with E-state index in [1.54, 1.807) is 0 Å². The molecule has 0 bridgehead atoms. The number of fused-ring (bicyclic) bond motifs is 3. The summed E-state index contributed by atoms with van der Waals surface area (Å²) in [6.07, 6.45) is 2.56. The lowest BCUT2D eigenvalue weighted by Crippen LogP contribution is -1.74. The Labute approximate surface area is 126 Å². The van der Waals surface area contributed by atoms with Gasteiger partial charge in [-0.25, -0.2) is 0 Å². The standard InChI is InChI=1S/C19H14OS/c1-2-7-18-13(4-1)14-5-3-6-15(19(14)21-18)17-11-10-16(20-17)12-8-9-12/h1-7,10-12H,8-9H2. The summed E-state index contributed by atoms with van der Waals surface area (Å²) in [7, 11) is 0. The maximum Gasteiger partial charge on any atom is 0.135 e. The number of rotatable bonds is 2. The molecule has 2 heteroatoms. The van der Waals surface area contributed by atoms with Crippen LogP contribution in [0.2, 0.25) is 0 Å². The molecule has 0 unspecified atom stereocenters. The summed E-state index contributed by atoms with van der Waals surface area (Å²) in [5.74, 6) is 2.83. The SMILES string of the molecule is c1ccc2c(c1)sc1c(-c3ccc(C4CC4)o3)cccc12. The predicted molar refractivity (Wildman–Crippen MR) is 89.0 cm³/mol. The Morgan fingerprint density at radius 2 is 1.71 bits per heavy atom. The lowest BCUT2D eigenvalue weighted by molar-refractivity contribution is 0.526. The lowest BCUT2D eigenvalue weighted by atomic mass is 10.1. The quantitative estimate of drug-likeness (QED) is 0.429. The van der Waals surface area contributed by atoms with Crippen LogP contribution in [0.15, 0.2) is 59.0 Å². The van der Waals surface area contributed by atoms with Gasteiger partial charge in [-0.15, -0.1) is 11.3 Å². The normalized spacial score (nSPS) is 15.0. The molecule has 2 heterocycles. The predicted octanol–water partition coefficient (Wildman–Crippen LogP) is 6.19. The van der Waals surface area contributed by atoms with Crippen molar-refractivity contribution < 1.29 is 4.42 Å². The average molecular weight is 290 g/mol. The van der Waals surface area contributed by atoms with Crippen molar-refractivity contribution in [2.45, 2.75) is 18.8 Å². The maximum atomic E-state index is 6.10. The van der Waals surface area contributed by atoms with E-state index in [0.717, 1.165) is 11.5 Å². The first-order valence-electron chi connectivity index (χ1n) is 7.40. The summed E-state index contributed by atoms with van der Waals surface area (Å²) in [5, 5.41) is 2.67. The highest BCUT2D eigenvalue weighted by molar-refractivity contribution is 7.26. The fourth-order valence-corrected chi connectivity index (χ4v) is 4.25. The summed E-state index contributed by atoms with van der Waals surface area (Å²) in [5.41, 5.74) is 1.22. The second kappa shape index (κ2) is 4.22. The fraction of sp³-hybridized carbons (Fsp3) is 0.158. The Hall–Kier alpha value is -2.06. The van der Waals surface area contributed by atoms with Crippen molar-refractivity contribution in [1.29, 1.82) is 0 Å². The minimum absolute atomic E-state index is 0.667. The Bertz CT molecular complexity index is 956. The number of benzene rings is 2. The molecule has 0 radical (unpaired) electrons. The highest BCUT2D eigenvalue weighted by Crippen LogP contribution is 2.44. The highest BCUT2D eigenvalue weighted by atomic mass is 32.1. The van der Waals surface area contributed by atoms with Crippen LogP contribution in [0.1, 0.15) is 24.5 Å². The summed E-state index contributed by atoms with van der Waals surface area (Å²) in [6.45, 7) is 0. The molecule has 1 aliphatic carbocycles. The zero-order chi connectivity index (χ0) is 13.8. The van der Waals surface area contributed by atoms with E-state index in [1.165, 1.54) is 38.6 Å². The van der Waals surface area contributed by atoms with Gasteiger partial charge in [-0.1, -0.05) is 30.3 Å². The average Bonchev–Trinajstić information content (AvgIpc) is 3.13. The topological polar surface area (TPSA) is 13.1 Å². The van der Waals surface area contributed by atoms with Crippen molar-refractivity contribution in [3.8, 4) is 11.3 Å². The van der Waals surface area contributed by atoms with E-state index in [2.05, 4.69) is 54.6 Å². The molecule has 1 aliphatic rings. The van der Waals surface area contributed by atoms with Crippen LogP contribution in [0.3, 0.4) is 0 Å². The van der Waals surface area contributed by atoms with Gasteiger partial charge in [0.15, 0.2) is 0 Å². The van der Waals surface area contributed by atoms with Gasteiger partial charge in [0.1, 0.15) is 11.5 Å². The van der Waals surface area contributed by atoms with Gasteiger partial charge in [0.2, 0.25) is 0 Å². The molecule has 0 amide bonds. The van der Waals surface area contributed by atoms with Gasteiger partial charge in [-0.2, -0.15) is 0 Å². The summed E-state index contributed by atoms with van der Waals surface area (Å²) >= 11 is 1.86. The second-order valence-corrected chi connectivity index (χ2v) is 6.81. The van der Waals surface area contributed by atoms with Gasteiger partial charge >= 0.3 is 0 Å². The van der Waals surface area contributed by atoms with Gasteiger partial charge < -0.3 is 4.42 Å². The van der Waals surface area contributed by atoms with Crippen LogP contribution < -0.4 is 0 Å². The van der Waals surface area contributed by atoms with E-state index >= 15 is 0 Å². The van der Waals surface area contributed by atoms with Crippen LogP contribution in [0.25, 0.3) is 31.5 Å². The van der Waals surface area contributed by atoms with Gasteiger partial charge in [0.25, 0.3) is 0 Å². The van der Waals surface area contributed by atoms with Gasteiger partial charge in [-0.3, -0.25) is 0 Å². The Morgan fingerprint density at radius 3 is 2.62 bits per heavy atom. The minimum Gasteiger partial charge on any atom is -0.461 e. The Morgan fingerprint density at radius 1 is 0.857 bits per heavy atom. The zero-order valence-electron chi connectivity index (χ0n) is 11.5. The summed E-state index contributed by atoms with van der Waals surface area (Å²) < 4.78 is 8.78. The molecule has 1 saturated carbocycles. The van der Waals surface area contributed by atoms with Gasteiger partial charge in [0.05, 0.1) is 0 Å². The first-order chi connectivity index (χ1) is 10.4. The number of hydrogen-bond donors (Lipinski definition) is 0.